The summed E-state index contributed by atoms with van der Waals surface area (Å²) in [5.41, 5.74) is -0.0626. The van der Waals surface area contributed by atoms with Crippen LogP contribution in [0.4, 0.5) is 10.5 Å². The van der Waals surface area contributed by atoms with E-state index in [1.54, 1.807) is 13.0 Å². The third-order valence-corrected chi connectivity index (χ3v) is 5.49. The maximum Gasteiger partial charge on any atom is 0.409 e. The number of fused-ring (bicyclic) bond motifs is 1. The van der Waals surface area contributed by atoms with Crippen molar-refractivity contribution >= 4 is 45.1 Å². The monoisotopic (exact) mass is 421 g/mol. The standard InChI is InChI=1S/C18H19N3O7S/c1-2-27-18(24)20-7-5-19(6-8-20)16(22)11-28-17(23)15-10-12-9-13(21(25)26)3-4-14(12)29-15/h3-4,9-10H,2,5-8,11H2,1H3. The van der Waals surface area contributed by atoms with Crippen LogP contribution in [0.25, 0.3) is 10.1 Å². The molecule has 29 heavy (non-hydrogen) atoms. The molecule has 0 aliphatic carbocycles. The van der Waals surface area contributed by atoms with Crippen LogP contribution < -0.4 is 0 Å². The number of nitro groups is 1. The summed E-state index contributed by atoms with van der Waals surface area (Å²) in [4.78, 5) is 49.8. The molecule has 1 aliphatic heterocycles. The summed E-state index contributed by atoms with van der Waals surface area (Å²) in [7, 11) is 0. The molecule has 3 rings (SSSR count). The van der Waals surface area contributed by atoms with Gasteiger partial charge in [0.1, 0.15) is 4.88 Å². The number of esters is 1. The highest BCUT2D eigenvalue weighted by atomic mass is 32.1. The van der Waals surface area contributed by atoms with Crippen LogP contribution in [0.3, 0.4) is 0 Å². The van der Waals surface area contributed by atoms with E-state index in [0.29, 0.717) is 42.9 Å². The summed E-state index contributed by atoms with van der Waals surface area (Å²) >= 11 is 1.14. The lowest BCUT2D eigenvalue weighted by Gasteiger charge is -2.33. The first kappa shape index (κ1) is 20.5. The maximum atomic E-state index is 12.3. The quantitative estimate of drug-likeness (QED) is 0.413. The number of thiophene rings is 1. The fourth-order valence-electron chi connectivity index (χ4n) is 2.89. The minimum absolute atomic E-state index is 0.0626. The molecule has 0 bridgehead atoms. The lowest BCUT2D eigenvalue weighted by Crippen LogP contribution is -2.51. The predicted molar refractivity (Wildman–Crippen MR) is 104 cm³/mol. The van der Waals surface area contributed by atoms with Gasteiger partial charge in [-0.05, 0) is 19.1 Å². The van der Waals surface area contributed by atoms with Crippen molar-refractivity contribution in [3.8, 4) is 0 Å². The number of non-ortho nitro benzene ring substituents is 1. The Hall–Kier alpha value is -3.21. The largest absolute Gasteiger partial charge is 0.451 e. The van der Waals surface area contributed by atoms with Crippen molar-refractivity contribution in [3.05, 3.63) is 39.3 Å². The lowest BCUT2D eigenvalue weighted by molar-refractivity contribution is -0.384. The Bertz CT molecular complexity index is 950. The van der Waals surface area contributed by atoms with Gasteiger partial charge < -0.3 is 19.3 Å². The van der Waals surface area contributed by atoms with Crippen molar-refractivity contribution in [2.45, 2.75) is 6.92 Å². The summed E-state index contributed by atoms with van der Waals surface area (Å²) in [5.74, 6) is -1.01. The van der Waals surface area contributed by atoms with E-state index in [1.165, 1.54) is 28.0 Å². The van der Waals surface area contributed by atoms with Gasteiger partial charge in [0.05, 0.1) is 11.5 Å². The van der Waals surface area contributed by atoms with E-state index in [1.807, 2.05) is 0 Å². The predicted octanol–water partition coefficient (Wildman–Crippen LogP) is 2.27. The molecule has 2 amide bonds. The Balaban J connectivity index is 1.53. The van der Waals surface area contributed by atoms with E-state index in [9.17, 15) is 24.5 Å². The molecule has 154 valence electrons. The second-order valence-corrected chi connectivity index (χ2v) is 7.32. The smallest absolute Gasteiger partial charge is 0.409 e. The SMILES string of the molecule is CCOC(=O)N1CCN(C(=O)COC(=O)c2cc3cc([N+](=O)[O-])ccc3s2)CC1. The summed E-state index contributed by atoms with van der Waals surface area (Å²) in [5, 5.41) is 11.4. The van der Waals surface area contributed by atoms with Crippen molar-refractivity contribution in [1.29, 1.82) is 0 Å². The fraction of sp³-hybridized carbons (Fsp3) is 0.389. The zero-order chi connectivity index (χ0) is 21.0. The van der Waals surface area contributed by atoms with E-state index in [4.69, 9.17) is 9.47 Å². The Labute approximate surface area is 169 Å². The van der Waals surface area contributed by atoms with Crippen LogP contribution in [-0.2, 0) is 14.3 Å². The van der Waals surface area contributed by atoms with Gasteiger partial charge in [0.15, 0.2) is 6.61 Å². The highest BCUT2D eigenvalue weighted by molar-refractivity contribution is 7.20. The molecule has 0 radical (unpaired) electrons. The summed E-state index contributed by atoms with van der Waals surface area (Å²) in [6.07, 6.45) is -0.406. The Morgan fingerprint density at radius 3 is 2.45 bits per heavy atom. The van der Waals surface area contributed by atoms with Crippen molar-refractivity contribution in [1.82, 2.24) is 9.80 Å². The van der Waals surface area contributed by atoms with Gasteiger partial charge in [-0.15, -0.1) is 11.3 Å². The van der Waals surface area contributed by atoms with E-state index < -0.39 is 23.6 Å². The number of nitro benzene ring substituents is 1. The number of hydrogen-bond donors (Lipinski definition) is 0. The minimum atomic E-state index is -0.660. The van der Waals surface area contributed by atoms with Gasteiger partial charge in [0.2, 0.25) is 0 Å². The van der Waals surface area contributed by atoms with Crippen molar-refractivity contribution in [2.75, 3.05) is 39.4 Å². The van der Waals surface area contributed by atoms with Crippen LogP contribution in [0, 0.1) is 10.1 Å². The lowest BCUT2D eigenvalue weighted by atomic mass is 10.2. The van der Waals surface area contributed by atoms with Crippen LogP contribution >= 0.6 is 11.3 Å². The average Bonchev–Trinajstić information content (AvgIpc) is 3.15. The molecule has 2 heterocycles. The summed E-state index contributed by atoms with van der Waals surface area (Å²) in [6.45, 7) is 2.99. The minimum Gasteiger partial charge on any atom is -0.451 e. The first-order chi connectivity index (χ1) is 13.9. The topological polar surface area (TPSA) is 119 Å². The van der Waals surface area contributed by atoms with Gasteiger partial charge in [-0.25, -0.2) is 9.59 Å². The normalized spacial score (nSPS) is 14.0. The van der Waals surface area contributed by atoms with Gasteiger partial charge in [0, 0.05) is 48.4 Å². The van der Waals surface area contributed by atoms with Crippen LogP contribution in [0.2, 0.25) is 0 Å². The van der Waals surface area contributed by atoms with Crippen LogP contribution in [-0.4, -0.2) is 72.1 Å². The van der Waals surface area contributed by atoms with E-state index in [0.717, 1.165) is 11.3 Å². The van der Waals surface area contributed by atoms with Crippen molar-refractivity contribution in [2.24, 2.45) is 0 Å². The highest BCUT2D eigenvalue weighted by Crippen LogP contribution is 2.29. The number of ether oxygens (including phenoxy) is 2. The first-order valence-electron chi connectivity index (χ1n) is 8.93. The highest BCUT2D eigenvalue weighted by Gasteiger charge is 2.25. The molecule has 10 nitrogen and oxygen atoms in total. The molecule has 1 aromatic carbocycles. The number of amides is 2. The van der Waals surface area contributed by atoms with Crippen LogP contribution in [0.1, 0.15) is 16.6 Å². The molecule has 1 saturated heterocycles. The van der Waals surface area contributed by atoms with Crippen LogP contribution in [0.15, 0.2) is 24.3 Å². The van der Waals surface area contributed by atoms with Gasteiger partial charge in [-0.1, -0.05) is 0 Å². The number of piperazine rings is 1. The maximum absolute atomic E-state index is 12.3. The molecule has 0 saturated carbocycles. The zero-order valence-corrected chi connectivity index (χ0v) is 16.5. The molecule has 11 heteroatoms. The molecule has 2 aromatic rings. The number of rotatable bonds is 5. The second kappa shape index (κ2) is 8.86. The molecule has 1 fully saturated rings. The summed E-state index contributed by atoms with van der Waals surface area (Å²) < 4.78 is 10.7. The third kappa shape index (κ3) is 4.80. The number of carbonyl (C=O) groups is 3. The molecule has 0 N–H and O–H groups in total. The van der Waals surface area contributed by atoms with Gasteiger partial charge in [-0.2, -0.15) is 0 Å². The van der Waals surface area contributed by atoms with Gasteiger partial charge in [0.25, 0.3) is 11.6 Å². The number of benzene rings is 1. The van der Waals surface area contributed by atoms with Crippen LogP contribution in [0.5, 0.6) is 0 Å². The number of hydrogen-bond acceptors (Lipinski definition) is 8. The van der Waals surface area contributed by atoms with Crippen molar-refractivity contribution < 1.29 is 28.8 Å². The Kier molecular flexibility index (Phi) is 6.27. The molecular weight excluding hydrogens is 402 g/mol. The molecule has 0 atom stereocenters. The van der Waals surface area contributed by atoms with E-state index in [-0.39, 0.29) is 16.5 Å². The van der Waals surface area contributed by atoms with Gasteiger partial charge in [-0.3, -0.25) is 14.9 Å². The Morgan fingerprint density at radius 1 is 1.10 bits per heavy atom. The van der Waals surface area contributed by atoms with Crippen molar-refractivity contribution in [3.63, 3.8) is 0 Å². The molecule has 1 aromatic heterocycles. The van der Waals surface area contributed by atoms with E-state index >= 15 is 0 Å². The first-order valence-corrected chi connectivity index (χ1v) is 9.75. The average molecular weight is 421 g/mol. The number of carbonyl (C=O) groups excluding carboxylic acids is 3. The molecule has 0 spiro atoms. The summed E-state index contributed by atoms with van der Waals surface area (Å²) in [6, 6.07) is 5.84. The fourth-order valence-corrected chi connectivity index (χ4v) is 3.82. The van der Waals surface area contributed by atoms with Gasteiger partial charge >= 0.3 is 12.1 Å². The molecule has 1 aliphatic rings. The Morgan fingerprint density at radius 2 is 1.79 bits per heavy atom. The third-order valence-electron chi connectivity index (χ3n) is 4.40. The zero-order valence-electron chi connectivity index (χ0n) is 15.7. The van der Waals surface area contributed by atoms with E-state index in [2.05, 4.69) is 0 Å². The second-order valence-electron chi connectivity index (χ2n) is 6.23. The molecular formula is C18H19N3O7S. The number of nitrogens with zero attached hydrogens (tertiary/aromatic N) is 3. The molecule has 0 unspecified atom stereocenters.